The maximum absolute atomic E-state index is 9.19. The van der Waals surface area contributed by atoms with Crippen LogP contribution in [0.3, 0.4) is 0 Å². The summed E-state index contributed by atoms with van der Waals surface area (Å²) in [5.41, 5.74) is 0. The molecule has 0 fully saturated rings. The van der Waals surface area contributed by atoms with Crippen molar-refractivity contribution < 1.29 is 5.11 Å². The van der Waals surface area contributed by atoms with Gasteiger partial charge < -0.3 is 5.11 Å². The van der Waals surface area contributed by atoms with Gasteiger partial charge in [0, 0.05) is 6.61 Å². The van der Waals surface area contributed by atoms with Crippen molar-refractivity contribution in [3.63, 3.8) is 0 Å². The molecule has 0 radical (unpaired) electrons. The monoisotopic (exact) mass is 214 g/mol. The zero-order chi connectivity index (χ0) is 11.4. The zero-order valence-corrected chi connectivity index (χ0v) is 10.8. The van der Waals surface area contributed by atoms with Gasteiger partial charge in [-0.3, -0.25) is 0 Å². The van der Waals surface area contributed by atoms with E-state index in [0.717, 1.165) is 0 Å². The summed E-state index contributed by atoms with van der Waals surface area (Å²) in [4.78, 5) is 0. The van der Waals surface area contributed by atoms with Crippen molar-refractivity contribution in [2.75, 3.05) is 6.61 Å². The molecule has 0 aliphatic heterocycles. The molecule has 0 amide bonds. The van der Waals surface area contributed by atoms with E-state index in [1.807, 2.05) is 0 Å². The van der Waals surface area contributed by atoms with Gasteiger partial charge in [0.1, 0.15) is 0 Å². The van der Waals surface area contributed by atoms with Gasteiger partial charge in [0.05, 0.1) is 0 Å². The molecule has 1 N–H and O–H groups in total. The van der Waals surface area contributed by atoms with Gasteiger partial charge in [0.15, 0.2) is 0 Å². The summed E-state index contributed by atoms with van der Waals surface area (Å²) in [5.74, 6) is 0.580. The van der Waals surface area contributed by atoms with Gasteiger partial charge in [0.2, 0.25) is 0 Å². The third-order valence-electron chi connectivity index (χ3n) is 3.19. The Morgan fingerprint density at radius 2 is 1.27 bits per heavy atom. The number of rotatable bonds is 11. The lowest BCUT2D eigenvalue weighted by Gasteiger charge is -2.12. The van der Waals surface area contributed by atoms with Crippen molar-refractivity contribution in [3.8, 4) is 0 Å². The fourth-order valence-corrected chi connectivity index (χ4v) is 2.03. The van der Waals surface area contributed by atoms with Crippen LogP contribution in [0.2, 0.25) is 0 Å². The van der Waals surface area contributed by atoms with Crippen molar-refractivity contribution in [1.29, 1.82) is 0 Å². The third-order valence-corrected chi connectivity index (χ3v) is 3.19. The molecule has 0 saturated heterocycles. The highest BCUT2D eigenvalue weighted by Gasteiger charge is 2.05. The second-order valence-electron chi connectivity index (χ2n) is 4.75. The molecule has 0 saturated carbocycles. The average Bonchev–Trinajstić information content (AvgIpc) is 2.27. The maximum atomic E-state index is 9.19. The van der Waals surface area contributed by atoms with Gasteiger partial charge in [-0.15, -0.1) is 0 Å². The number of aliphatic hydroxyl groups is 1. The van der Waals surface area contributed by atoms with Crippen LogP contribution >= 0.6 is 0 Å². The second kappa shape index (κ2) is 12.0. The summed E-state index contributed by atoms with van der Waals surface area (Å²) >= 11 is 0. The van der Waals surface area contributed by atoms with Gasteiger partial charge in [-0.1, -0.05) is 65.2 Å². The minimum atomic E-state index is 0.398. The van der Waals surface area contributed by atoms with Crippen LogP contribution in [-0.4, -0.2) is 11.7 Å². The molecule has 15 heavy (non-hydrogen) atoms. The van der Waals surface area contributed by atoms with Crippen LogP contribution in [0.5, 0.6) is 0 Å². The van der Waals surface area contributed by atoms with Crippen LogP contribution < -0.4 is 0 Å². The van der Waals surface area contributed by atoms with Gasteiger partial charge in [-0.25, -0.2) is 0 Å². The number of aliphatic hydroxyl groups excluding tert-OH is 1. The third kappa shape index (κ3) is 10.2. The van der Waals surface area contributed by atoms with Gasteiger partial charge in [0.25, 0.3) is 0 Å². The maximum Gasteiger partial charge on any atom is 0.0459 e. The lowest BCUT2D eigenvalue weighted by Crippen LogP contribution is -2.05. The van der Waals surface area contributed by atoms with Crippen molar-refractivity contribution in [2.24, 2.45) is 5.92 Å². The molecular weight excluding hydrogens is 184 g/mol. The Morgan fingerprint density at radius 3 is 1.87 bits per heavy atom. The topological polar surface area (TPSA) is 20.2 Å². The summed E-state index contributed by atoms with van der Waals surface area (Å²) in [5, 5.41) is 9.19. The largest absolute Gasteiger partial charge is 0.396 e. The highest BCUT2D eigenvalue weighted by Crippen LogP contribution is 2.17. The SMILES string of the molecule is CCCCCCCC[C@@H](CO)CCCC. The predicted octanol–water partition coefficient (Wildman–Crippen LogP) is 4.54. The van der Waals surface area contributed by atoms with Crippen LogP contribution in [0.15, 0.2) is 0 Å². The molecular formula is C14H30O. The lowest BCUT2D eigenvalue weighted by atomic mass is 9.96. The fourth-order valence-electron chi connectivity index (χ4n) is 2.03. The van der Waals surface area contributed by atoms with Crippen LogP contribution in [0.4, 0.5) is 0 Å². The van der Waals surface area contributed by atoms with Crippen LogP contribution in [-0.2, 0) is 0 Å². The molecule has 0 aliphatic rings. The van der Waals surface area contributed by atoms with Crippen molar-refractivity contribution in [2.45, 2.75) is 78.1 Å². The molecule has 0 heterocycles. The predicted molar refractivity (Wildman–Crippen MR) is 68.1 cm³/mol. The second-order valence-corrected chi connectivity index (χ2v) is 4.75. The van der Waals surface area contributed by atoms with Crippen molar-refractivity contribution in [1.82, 2.24) is 0 Å². The highest BCUT2D eigenvalue weighted by molar-refractivity contribution is 4.58. The Morgan fingerprint density at radius 1 is 0.733 bits per heavy atom. The van der Waals surface area contributed by atoms with Crippen molar-refractivity contribution in [3.05, 3.63) is 0 Å². The summed E-state index contributed by atoms with van der Waals surface area (Å²) in [6.07, 6.45) is 13.2. The summed E-state index contributed by atoms with van der Waals surface area (Å²) in [6.45, 7) is 4.88. The van der Waals surface area contributed by atoms with Crippen molar-refractivity contribution >= 4 is 0 Å². The Hall–Kier alpha value is -0.0400. The molecule has 0 bridgehead atoms. The number of unbranched alkanes of at least 4 members (excludes halogenated alkanes) is 6. The molecule has 0 aromatic heterocycles. The molecule has 1 heteroatoms. The van der Waals surface area contributed by atoms with E-state index in [1.54, 1.807) is 0 Å². The fraction of sp³-hybridized carbons (Fsp3) is 1.00. The Kier molecular flexibility index (Phi) is 12.0. The van der Waals surface area contributed by atoms with E-state index in [-0.39, 0.29) is 0 Å². The first-order valence-electron chi connectivity index (χ1n) is 6.96. The lowest BCUT2D eigenvalue weighted by molar-refractivity contribution is 0.205. The van der Waals surface area contributed by atoms with Gasteiger partial charge >= 0.3 is 0 Å². The smallest absolute Gasteiger partial charge is 0.0459 e. The number of hydrogen-bond donors (Lipinski definition) is 1. The van der Waals surface area contributed by atoms with Gasteiger partial charge in [-0.2, -0.15) is 0 Å². The van der Waals surface area contributed by atoms with E-state index in [2.05, 4.69) is 13.8 Å². The van der Waals surface area contributed by atoms with E-state index < -0.39 is 0 Å². The summed E-state index contributed by atoms with van der Waals surface area (Å²) in [6, 6.07) is 0. The van der Waals surface area contributed by atoms with Crippen LogP contribution in [0.1, 0.15) is 78.1 Å². The van der Waals surface area contributed by atoms with E-state index in [4.69, 9.17) is 0 Å². The first kappa shape index (κ1) is 15.0. The van der Waals surface area contributed by atoms with E-state index >= 15 is 0 Å². The number of hydrogen-bond acceptors (Lipinski definition) is 1. The Bertz CT molecular complexity index is 112. The molecule has 0 rings (SSSR count). The van der Waals surface area contributed by atoms with E-state index in [1.165, 1.54) is 64.2 Å². The highest BCUT2D eigenvalue weighted by atomic mass is 16.3. The first-order valence-corrected chi connectivity index (χ1v) is 6.96. The van der Waals surface area contributed by atoms with Gasteiger partial charge in [-0.05, 0) is 18.8 Å². The standard InChI is InChI=1S/C14H30O/c1-3-5-7-8-9-10-12-14(13-15)11-6-4-2/h14-15H,3-13H2,1-2H3/t14-/m0/s1. The molecule has 92 valence electrons. The minimum absolute atomic E-state index is 0.398. The normalized spacial score (nSPS) is 13.0. The summed E-state index contributed by atoms with van der Waals surface area (Å²) in [7, 11) is 0. The first-order chi connectivity index (χ1) is 7.35. The summed E-state index contributed by atoms with van der Waals surface area (Å²) < 4.78 is 0. The van der Waals surface area contributed by atoms with Crippen LogP contribution in [0.25, 0.3) is 0 Å². The van der Waals surface area contributed by atoms with Crippen LogP contribution in [0, 0.1) is 5.92 Å². The average molecular weight is 214 g/mol. The zero-order valence-electron chi connectivity index (χ0n) is 10.8. The van der Waals surface area contributed by atoms with E-state index in [9.17, 15) is 5.11 Å². The molecule has 0 unspecified atom stereocenters. The molecule has 0 aromatic carbocycles. The molecule has 1 nitrogen and oxygen atoms in total. The molecule has 0 spiro atoms. The Balaban J connectivity index is 3.22. The quantitative estimate of drug-likeness (QED) is 0.501. The molecule has 1 atom stereocenters. The molecule has 0 aromatic rings. The Labute approximate surface area is 96.3 Å². The van der Waals surface area contributed by atoms with E-state index in [0.29, 0.717) is 12.5 Å². The minimum Gasteiger partial charge on any atom is -0.396 e. The molecule has 0 aliphatic carbocycles.